The van der Waals surface area contributed by atoms with E-state index in [1.165, 1.54) is 36.4 Å². The number of nitrogens with zero attached hydrogens (tertiary/aromatic N) is 2. The summed E-state index contributed by atoms with van der Waals surface area (Å²) in [7, 11) is -4.43. The summed E-state index contributed by atoms with van der Waals surface area (Å²) < 4.78 is 67.9. The summed E-state index contributed by atoms with van der Waals surface area (Å²) in [5.41, 5.74) is -0.390. The maximum atomic E-state index is 13.7. The molecule has 0 saturated carbocycles. The van der Waals surface area contributed by atoms with E-state index in [0.29, 0.717) is 4.47 Å². The Kier molecular flexibility index (Phi) is 4.70. The van der Waals surface area contributed by atoms with Crippen LogP contribution in [-0.4, -0.2) is 18.0 Å². The number of hydrogen-bond donors (Lipinski definition) is 0. The SMILES string of the molecule is Cc1ccc(S(=O)(=O)c2ncn(-c3ccc(Br)cc3)c2C(F)(F)F)cc1. The van der Waals surface area contributed by atoms with Crippen LogP contribution in [0.4, 0.5) is 13.2 Å². The first-order chi connectivity index (χ1) is 12.1. The zero-order chi connectivity index (χ0) is 19.1. The van der Waals surface area contributed by atoms with Crippen molar-refractivity contribution in [1.82, 2.24) is 9.55 Å². The minimum atomic E-state index is -4.91. The minimum Gasteiger partial charge on any atom is -0.294 e. The molecule has 0 bridgehead atoms. The average molecular weight is 445 g/mol. The molecule has 26 heavy (non-hydrogen) atoms. The second-order valence-electron chi connectivity index (χ2n) is 5.56. The molecule has 0 spiro atoms. The number of rotatable bonds is 3. The molecular formula is C17H12BrF3N2O2S. The van der Waals surface area contributed by atoms with Crippen LogP contribution in [0.25, 0.3) is 5.69 Å². The fourth-order valence-electron chi connectivity index (χ4n) is 2.41. The second kappa shape index (κ2) is 6.55. The molecule has 4 nitrogen and oxygen atoms in total. The molecule has 3 aromatic rings. The number of imidazole rings is 1. The van der Waals surface area contributed by atoms with Gasteiger partial charge in [-0.25, -0.2) is 13.4 Å². The topological polar surface area (TPSA) is 52.0 Å². The van der Waals surface area contributed by atoms with Crippen molar-refractivity contribution >= 4 is 25.8 Å². The van der Waals surface area contributed by atoms with Crippen molar-refractivity contribution in [2.24, 2.45) is 0 Å². The number of aryl methyl sites for hydroxylation is 1. The predicted molar refractivity (Wildman–Crippen MR) is 92.9 cm³/mol. The van der Waals surface area contributed by atoms with E-state index >= 15 is 0 Å². The maximum Gasteiger partial charge on any atom is 0.434 e. The van der Waals surface area contributed by atoms with E-state index in [-0.39, 0.29) is 10.6 Å². The molecule has 3 rings (SSSR count). The Labute approximate surface area is 156 Å². The first kappa shape index (κ1) is 18.7. The molecule has 0 amide bonds. The van der Waals surface area contributed by atoms with E-state index in [2.05, 4.69) is 20.9 Å². The van der Waals surface area contributed by atoms with Gasteiger partial charge in [0, 0.05) is 10.2 Å². The molecule has 1 aromatic heterocycles. The molecule has 9 heteroatoms. The van der Waals surface area contributed by atoms with Crippen LogP contribution >= 0.6 is 15.9 Å². The molecule has 0 atom stereocenters. The number of hydrogen-bond acceptors (Lipinski definition) is 3. The van der Waals surface area contributed by atoms with E-state index in [0.717, 1.165) is 16.5 Å². The van der Waals surface area contributed by atoms with Crippen LogP contribution in [0, 0.1) is 6.92 Å². The van der Waals surface area contributed by atoms with Crippen LogP contribution in [0.15, 0.2) is 69.3 Å². The van der Waals surface area contributed by atoms with Gasteiger partial charge < -0.3 is 0 Å². The van der Waals surface area contributed by atoms with E-state index < -0.39 is 26.7 Å². The molecular weight excluding hydrogens is 433 g/mol. The number of sulfone groups is 1. The van der Waals surface area contributed by atoms with Gasteiger partial charge in [0.1, 0.15) is 6.33 Å². The second-order valence-corrected chi connectivity index (χ2v) is 8.34. The standard InChI is InChI=1S/C17H12BrF3N2O2S/c1-11-2-8-14(9-3-11)26(24,25)16-15(17(19,20)21)23(10-22-16)13-6-4-12(18)5-7-13/h2-10H,1H3. The Bertz CT molecular complexity index is 1040. The Morgan fingerprint density at radius 3 is 2.12 bits per heavy atom. The van der Waals surface area contributed by atoms with Gasteiger partial charge in [-0.2, -0.15) is 13.2 Å². The third-order valence-electron chi connectivity index (χ3n) is 3.69. The Morgan fingerprint density at radius 1 is 1.00 bits per heavy atom. The number of halogens is 4. The van der Waals surface area contributed by atoms with Crippen LogP contribution in [-0.2, 0) is 16.0 Å². The first-order valence-corrected chi connectivity index (χ1v) is 9.60. The van der Waals surface area contributed by atoms with Crippen LogP contribution in [0.5, 0.6) is 0 Å². The normalized spacial score (nSPS) is 12.3. The molecule has 0 radical (unpaired) electrons. The fraction of sp³-hybridized carbons (Fsp3) is 0.118. The Balaban J connectivity index is 2.23. The lowest BCUT2D eigenvalue weighted by Gasteiger charge is -2.13. The highest BCUT2D eigenvalue weighted by molar-refractivity contribution is 9.10. The van der Waals surface area contributed by atoms with Crippen molar-refractivity contribution in [2.75, 3.05) is 0 Å². The maximum absolute atomic E-state index is 13.7. The molecule has 1 heterocycles. The quantitative estimate of drug-likeness (QED) is 0.583. The van der Waals surface area contributed by atoms with Gasteiger partial charge in [0.15, 0.2) is 10.7 Å². The summed E-state index contributed by atoms with van der Waals surface area (Å²) in [6.45, 7) is 1.75. The lowest BCUT2D eigenvalue weighted by Crippen LogP contribution is -2.17. The van der Waals surface area contributed by atoms with Gasteiger partial charge >= 0.3 is 6.18 Å². The third-order valence-corrected chi connectivity index (χ3v) is 5.92. The highest BCUT2D eigenvalue weighted by Gasteiger charge is 2.43. The highest BCUT2D eigenvalue weighted by Crippen LogP contribution is 2.37. The van der Waals surface area contributed by atoms with Gasteiger partial charge in [-0.1, -0.05) is 33.6 Å². The molecule has 0 fully saturated rings. The lowest BCUT2D eigenvalue weighted by atomic mass is 10.2. The smallest absolute Gasteiger partial charge is 0.294 e. The molecule has 136 valence electrons. The average Bonchev–Trinajstić information content (AvgIpc) is 3.02. The van der Waals surface area contributed by atoms with Crippen LogP contribution < -0.4 is 0 Å². The van der Waals surface area contributed by atoms with Gasteiger partial charge in [-0.15, -0.1) is 0 Å². The van der Waals surface area contributed by atoms with Crippen LogP contribution in [0.1, 0.15) is 11.3 Å². The summed E-state index contributed by atoms with van der Waals surface area (Å²) in [4.78, 5) is 3.35. The Morgan fingerprint density at radius 2 is 1.58 bits per heavy atom. The van der Waals surface area contributed by atoms with E-state index in [9.17, 15) is 21.6 Å². The fourth-order valence-corrected chi connectivity index (χ4v) is 4.05. The summed E-state index contributed by atoms with van der Waals surface area (Å²) in [5.74, 6) is 0. The van der Waals surface area contributed by atoms with E-state index in [4.69, 9.17) is 0 Å². The molecule has 0 aliphatic heterocycles. The molecule has 0 N–H and O–H groups in total. The predicted octanol–water partition coefficient (Wildman–Crippen LogP) is 4.79. The molecule has 0 unspecified atom stereocenters. The summed E-state index contributed by atoms with van der Waals surface area (Å²) in [5, 5.41) is -1.02. The molecule has 0 saturated heterocycles. The summed E-state index contributed by atoms with van der Waals surface area (Å²) >= 11 is 3.21. The monoisotopic (exact) mass is 444 g/mol. The van der Waals surface area contributed by atoms with Gasteiger partial charge in [0.2, 0.25) is 9.84 Å². The first-order valence-electron chi connectivity index (χ1n) is 7.33. The van der Waals surface area contributed by atoms with Crippen molar-refractivity contribution in [3.05, 3.63) is 70.6 Å². The zero-order valence-corrected chi connectivity index (χ0v) is 15.7. The number of alkyl halides is 3. The van der Waals surface area contributed by atoms with Gasteiger partial charge in [0.05, 0.1) is 4.90 Å². The van der Waals surface area contributed by atoms with Crippen LogP contribution in [0.2, 0.25) is 0 Å². The van der Waals surface area contributed by atoms with E-state index in [1.807, 2.05) is 0 Å². The lowest BCUT2D eigenvalue weighted by molar-refractivity contribution is -0.144. The third kappa shape index (κ3) is 3.41. The largest absolute Gasteiger partial charge is 0.434 e. The van der Waals surface area contributed by atoms with Gasteiger partial charge in [0.25, 0.3) is 0 Å². The van der Waals surface area contributed by atoms with Gasteiger partial charge in [-0.3, -0.25) is 4.57 Å². The van der Waals surface area contributed by atoms with Crippen molar-refractivity contribution in [2.45, 2.75) is 23.0 Å². The van der Waals surface area contributed by atoms with Crippen molar-refractivity contribution in [3.8, 4) is 5.69 Å². The van der Waals surface area contributed by atoms with Crippen molar-refractivity contribution in [1.29, 1.82) is 0 Å². The molecule has 0 aliphatic carbocycles. The molecule has 2 aromatic carbocycles. The minimum absolute atomic E-state index is 0.151. The summed E-state index contributed by atoms with van der Waals surface area (Å²) in [6.07, 6.45) is -4.04. The molecule has 0 aliphatic rings. The van der Waals surface area contributed by atoms with E-state index in [1.54, 1.807) is 19.1 Å². The number of aromatic nitrogens is 2. The highest BCUT2D eigenvalue weighted by atomic mass is 79.9. The van der Waals surface area contributed by atoms with Crippen molar-refractivity contribution in [3.63, 3.8) is 0 Å². The van der Waals surface area contributed by atoms with Crippen molar-refractivity contribution < 1.29 is 21.6 Å². The number of benzene rings is 2. The zero-order valence-electron chi connectivity index (χ0n) is 13.3. The summed E-state index contributed by atoms with van der Waals surface area (Å²) in [6, 6.07) is 11.6. The van der Waals surface area contributed by atoms with Crippen LogP contribution in [0.3, 0.4) is 0 Å². The van der Waals surface area contributed by atoms with Gasteiger partial charge in [-0.05, 0) is 43.3 Å². The Hall–Kier alpha value is -2.13.